The van der Waals surface area contributed by atoms with Gasteiger partial charge in [0.25, 0.3) is 0 Å². The molecule has 0 atom stereocenters. The number of amidine groups is 1. The van der Waals surface area contributed by atoms with Crippen molar-refractivity contribution in [1.29, 1.82) is 5.41 Å². The Morgan fingerprint density at radius 2 is 1.71 bits per heavy atom. The SMILES string of the molecule is C=Cc1ccccc1C(=C)C=NC(=N)C(N)=C(NN)OC(=C)c1ccccc1. The lowest BCUT2D eigenvalue weighted by Crippen LogP contribution is -2.28. The van der Waals surface area contributed by atoms with Crippen molar-refractivity contribution in [2.45, 2.75) is 0 Å². The smallest absolute Gasteiger partial charge is 0.234 e. The lowest BCUT2D eigenvalue weighted by atomic mass is 10.0. The molecule has 0 fully saturated rings. The molecular weight excluding hydrogens is 350 g/mol. The molecule has 0 amide bonds. The highest BCUT2D eigenvalue weighted by atomic mass is 16.5. The number of hydrogen-bond donors (Lipinski definition) is 4. The van der Waals surface area contributed by atoms with E-state index in [2.05, 4.69) is 30.2 Å². The molecule has 0 bridgehead atoms. The van der Waals surface area contributed by atoms with E-state index in [-0.39, 0.29) is 17.4 Å². The summed E-state index contributed by atoms with van der Waals surface area (Å²) in [6.07, 6.45) is 3.19. The lowest BCUT2D eigenvalue weighted by molar-refractivity contribution is 0.341. The molecule has 0 saturated heterocycles. The highest BCUT2D eigenvalue weighted by Gasteiger charge is 2.11. The zero-order valence-corrected chi connectivity index (χ0v) is 15.5. The molecule has 0 unspecified atom stereocenters. The molecule has 2 aromatic rings. The fourth-order valence-corrected chi connectivity index (χ4v) is 2.32. The number of nitrogens with zero attached hydrogens (tertiary/aromatic N) is 1. The number of nitrogens with two attached hydrogens (primary N) is 2. The summed E-state index contributed by atoms with van der Waals surface area (Å²) in [6, 6.07) is 16.9. The zero-order valence-electron chi connectivity index (χ0n) is 15.5. The summed E-state index contributed by atoms with van der Waals surface area (Å²) < 4.78 is 5.57. The molecule has 28 heavy (non-hydrogen) atoms. The van der Waals surface area contributed by atoms with E-state index in [9.17, 15) is 0 Å². The highest BCUT2D eigenvalue weighted by molar-refractivity contribution is 6.15. The van der Waals surface area contributed by atoms with Crippen molar-refractivity contribution in [2.24, 2.45) is 16.6 Å². The highest BCUT2D eigenvalue weighted by Crippen LogP contribution is 2.18. The first-order chi connectivity index (χ1) is 13.5. The van der Waals surface area contributed by atoms with Gasteiger partial charge >= 0.3 is 0 Å². The third-order valence-electron chi connectivity index (χ3n) is 3.83. The number of ether oxygens (including phenoxy) is 1. The normalized spacial score (nSPS) is 11.5. The van der Waals surface area contributed by atoms with Crippen LogP contribution in [0.3, 0.4) is 0 Å². The molecule has 0 heterocycles. The molecular formula is C22H23N5O. The van der Waals surface area contributed by atoms with Crippen LogP contribution < -0.4 is 17.0 Å². The van der Waals surface area contributed by atoms with Crippen LogP contribution >= 0.6 is 0 Å². The first-order valence-electron chi connectivity index (χ1n) is 8.40. The van der Waals surface area contributed by atoms with Gasteiger partial charge in [0, 0.05) is 11.8 Å². The van der Waals surface area contributed by atoms with Gasteiger partial charge < -0.3 is 10.5 Å². The predicted octanol–water partition coefficient (Wildman–Crippen LogP) is 3.67. The van der Waals surface area contributed by atoms with Crippen LogP contribution in [0.25, 0.3) is 17.4 Å². The summed E-state index contributed by atoms with van der Waals surface area (Å²) in [5.41, 5.74) is 11.4. The number of aliphatic imine (C=N–C) groups is 1. The summed E-state index contributed by atoms with van der Waals surface area (Å²) >= 11 is 0. The molecule has 0 saturated carbocycles. The van der Waals surface area contributed by atoms with E-state index < -0.39 is 0 Å². The van der Waals surface area contributed by atoms with Crippen LogP contribution in [-0.2, 0) is 4.74 Å². The van der Waals surface area contributed by atoms with Crippen molar-refractivity contribution >= 4 is 29.5 Å². The minimum absolute atomic E-state index is 0.0203. The average Bonchev–Trinajstić information content (AvgIpc) is 2.75. The molecule has 0 aliphatic heterocycles. The molecule has 0 aliphatic carbocycles. The van der Waals surface area contributed by atoms with Crippen LogP contribution in [0.2, 0.25) is 0 Å². The van der Waals surface area contributed by atoms with Crippen LogP contribution in [-0.4, -0.2) is 12.1 Å². The predicted molar refractivity (Wildman–Crippen MR) is 117 cm³/mol. The zero-order chi connectivity index (χ0) is 20.5. The summed E-state index contributed by atoms with van der Waals surface area (Å²) in [6.45, 7) is 11.6. The average molecular weight is 373 g/mol. The number of hydrazine groups is 1. The fourth-order valence-electron chi connectivity index (χ4n) is 2.32. The first kappa shape index (κ1) is 20.4. The Hall–Kier alpha value is -3.90. The fraction of sp³-hybridized carbons (Fsp3) is 0. The van der Waals surface area contributed by atoms with Gasteiger partial charge in [-0.15, -0.1) is 0 Å². The van der Waals surface area contributed by atoms with E-state index in [1.165, 1.54) is 6.21 Å². The van der Waals surface area contributed by atoms with Crippen LogP contribution in [0, 0.1) is 5.41 Å². The minimum atomic E-state index is -0.231. The van der Waals surface area contributed by atoms with Gasteiger partial charge in [-0.3, -0.25) is 10.8 Å². The topological polar surface area (TPSA) is 110 Å². The van der Waals surface area contributed by atoms with Gasteiger partial charge in [0.1, 0.15) is 11.5 Å². The van der Waals surface area contributed by atoms with Gasteiger partial charge in [0.05, 0.1) is 0 Å². The van der Waals surface area contributed by atoms with Crippen molar-refractivity contribution in [1.82, 2.24) is 5.43 Å². The van der Waals surface area contributed by atoms with Gasteiger partial charge in [0.15, 0.2) is 5.84 Å². The van der Waals surface area contributed by atoms with Crippen molar-refractivity contribution in [3.63, 3.8) is 0 Å². The van der Waals surface area contributed by atoms with Gasteiger partial charge in [0.2, 0.25) is 5.88 Å². The van der Waals surface area contributed by atoms with Gasteiger partial charge in [-0.05, 0) is 16.7 Å². The largest absolute Gasteiger partial charge is 0.438 e. The lowest BCUT2D eigenvalue weighted by Gasteiger charge is -2.14. The third kappa shape index (κ3) is 5.06. The standard InChI is InChI=1S/C22H23N5O/c1-4-17-10-8-9-13-19(17)15(2)14-26-21(24)20(23)22(27-25)28-16(3)18-11-6-5-7-12-18/h4-14,24,27H,1-3,23,25H2. The Morgan fingerprint density at radius 3 is 2.36 bits per heavy atom. The van der Waals surface area contributed by atoms with E-state index in [1.807, 2.05) is 54.6 Å². The second-order valence-electron chi connectivity index (χ2n) is 5.70. The van der Waals surface area contributed by atoms with E-state index >= 15 is 0 Å². The number of benzene rings is 2. The first-order valence-corrected chi connectivity index (χ1v) is 8.40. The van der Waals surface area contributed by atoms with Gasteiger partial charge in [-0.1, -0.05) is 80.4 Å². The molecule has 6 heteroatoms. The van der Waals surface area contributed by atoms with E-state index in [1.54, 1.807) is 6.08 Å². The maximum Gasteiger partial charge on any atom is 0.234 e. The van der Waals surface area contributed by atoms with Crippen molar-refractivity contribution in [3.8, 4) is 0 Å². The minimum Gasteiger partial charge on any atom is -0.438 e. The van der Waals surface area contributed by atoms with Crippen LogP contribution in [0.4, 0.5) is 0 Å². The van der Waals surface area contributed by atoms with E-state index in [4.69, 9.17) is 21.7 Å². The number of nitrogens with one attached hydrogen (secondary N) is 2. The number of allylic oxidation sites excluding steroid dienone is 1. The maximum atomic E-state index is 8.08. The molecule has 0 radical (unpaired) electrons. The Bertz CT molecular complexity index is 958. The number of rotatable bonds is 8. The monoisotopic (exact) mass is 373 g/mol. The third-order valence-corrected chi connectivity index (χ3v) is 3.83. The summed E-state index contributed by atoms with van der Waals surface area (Å²) in [5, 5.41) is 8.08. The molecule has 6 N–H and O–H groups in total. The van der Waals surface area contributed by atoms with Gasteiger partial charge in [-0.2, -0.15) is 0 Å². The van der Waals surface area contributed by atoms with Gasteiger partial charge in [-0.25, -0.2) is 10.8 Å². The summed E-state index contributed by atoms with van der Waals surface area (Å²) in [5.74, 6) is 5.57. The molecule has 2 aromatic carbocycles. The summed E-state index contributed by atoms with van der Waals surface area (Å²) in [4.78, 5) is 4.06. The maximum absolute atomic E-state index is 8.08. The Morgan fingerprint density at radius 1 is 1.07 bits per heavy atom. The second kappa shape index (κ2) is 9.70. The Labute approximate surface area is 164 Å². The molecule has 0 spiro atoms. The molecule has 2 rings (SSSR count). The Balaban J connectivity index is 2.16. The molecule has 142 valence electrons. The summed E-state index contributed by atoms with van der Waals surface area (Å²) in [7, 11) is 0. The van der Waals surface area contributed by atoms with Crippen molar-refractivity contribution in [2.75, 3.05) is 0 Å². The van der Waals surface area contributed by atoms with Crippen molar-refractivity contribution < 1.29 is 4.74 Å². The van der Waals surface area contributed by atoms with E-state index in [0.29, 0.717) is 11.3 Å². The molecule has 6 nitrogen and oxygen atoms in total. The molecule has 0 aliphatic rings. The van der Waals surface area contributed by atoms with Crippen LogP contribution in [0.5, 0.6) is 0 Å². The second-order valence-corrected chi connectivity index (χ2v) is 5.70. The van der Waals surface area contributed by atoms with Crippen molar-refractivity contribution in [3.05, 3.63) is 103 Å². The van der Waals surface area contributed by atoms with E-state index in [0.717, 1.165) is 16.7 Å². The van der Waals surface area contributed by atoms with Crippen LogP contribution in [0.1, 0.15) is 16.7 Å². The molecule has 0 aromatic heterocycles. The van der Waals surface area contributed by atoms with Crippen LogP contribution in [0.15, 0.2) is 90.9 Å². The Kier molecular flexibility index (Phi) is 7.07. The quantitative estimate of drug-likeness (QED) is 0.186. The number of hydrogen-bond acceptors (Lipinski definition) is 5.